The van der Waals surface area contributed by atoms with Crippen LogP contribution in [0, 0.1) is 12.8 Å². The van der Waals surface area contributed by atoms with Gasteiger partial charge in [0.25, 0.3) is 0 Å². The number of hydrazine groups is 1. The molecular weight excluding hydrogens is 290 g/mol. The van der Waals surface area contributed by atoms with Crippen molar-refractivity contribution in [1.82, 2.24) is 10.4 Å². The predicted octanol–water partition coefficient (Wildman–Crippen LogP) is 1.22. The van der Waals surface area contributed by atoms with E-state index in [0.29, 0.717) is 5.11 Å². The smallest absolute Gasteiger partial charge is 0.311 e. The normalized spacial score (nSPS) is 17.9. The monoisotopic (exact) mass is 307 g/mol. The second-order valence-corrected chi connectivity index (χ2v) is 5.20. The number of nitrogens with one attached hydrogen (secondary N) is 2. The molecule has 7 heteroatoms. The number of rotatable bonds is 2. The Balaban J connectivity index is 2.06. The van der Waals surface area contributed by atoms with E-state index in [-0.39, 0.29) is 18.9 Å². The average Bonchev–Trinajstić information content (AvgIpc) is 2.48. The molecule has 0 spiro atoms. The zero-order valence-electron chi connectivity index (χ0n) is 11.9. The number of carbonyl (C=O) groups is 2. The molecular formula is C14H17N3O3S. The largest absolute Gasteiger partial charge is 0.469 e. The zero-order valence-corrected chi connectivity index (χ0v) is 12.7. The van der Waals surface area contributed by atoms with E-state index in [1.165, 1.54) is 12.1 Å². The molecule has 1 atom stereocenters. The highest BCUT2D eigenvalue weighted by Crippen LogP contribution is 2.17. The van der Waals surface area contributed by atoms with Gasteiger partial charge in [-0.1, -0.05) is 18.2 Å². The van der Waals surface area contributed by atoms with Crippen LogP contribution < -0.4 is 10.7 Å². The number of thiocarbonyl (C=S) groups is 1. The summed E-state index contributed by atoms with van der Waals surface area (Å²) in [4.78, 5) is 23.3. The number of benzene rings is 1. The zero-order chi connectivity index (χ0) is 15.4. The fraction of sp³-hybridized carbons (Fsp3) is 0.357. The molecule has 1 fully saturated rings. The standard InChI is InChI=1S/C14H17N3O3S/c1-9-5-3-4-6-11(9)15-14(21)17-8-10(13(19)20-2)7-12(18)16-17/h3-6,10H,7-8H2,1-2H3,(H,15,21)(H,16,18). The van der Waals surface area contributed by atoms with E-state index in [1.807, 2.05) is 31.2 Å². The predicted molar refractivity (Wildman–Crippen MR) is 82.4 cm³/mol. The van der Waals surface area contributed by atoms with Crippen LogP contribution in [0.4, 0.5) is 5.69 Å². The van der Waals surface area contributed by atoms with Crippen molar-refractivity contribution in [3.63, 3.8) is 0 Å². The Morgan fingerprint density at radius 2 is 2.19 bits per heavy atom. The lowest BCUT2D eigenvalue weighted by Gasteiger charge is -2.33. The van der Waals surface area contributed by atoms with Gasteiger partial charge in [-0.25, -0.2) is 0 Å². The van der Waals surface area contributed by atoms with Crippen molar-refractivity contribution in [3.8, 4) is 0 Å². The number of methoxy groups -OCH3 is 1. The summed E-state index contributed by atoms with van der Waals surface area (Å²) in [5.74, 6) is -1.18. The molecule has 0 aliphatic carbocycles. The summed E-state index contributed by atoms with van der Waals surface area (Å²) in [7, 11) is 1.31. The highest BCUT2D eigenvalue weighted by atomic mass is 32.1. The molecule has 2 rings (SSSR count). The van der Waals surface area contributed by atoms with Crippen LogP contribution >= 0.6 is 12.2 Å². The summed E-state index contributed by atoms with van der Waals surface area (Å²) in [6.45, 7) is 2.24. The Morgan fingerprint density at radius 1 is 1.48 bits per heavy atom. The molecule has 1 amide bonds. The number of hydrogen-bond donors (Lipinski definition) is 2. The van der Waals surface area contributed by atoms with Gasteiger partial charge < -0.3 is 10.1 Å². The maximum absolute atomic E-state index is 11.7. The molecule has 0 aromatic heterocycles. The fourth-order valence-electron chi connectivity index (χ4n) is 2.10. The second-order valence-electron chi connectivity index (χ2n) is 4.81. The van der Waals surface area contributed by atoms with Crippen LogP contribution in [0.3, 0.4) is 0 Å². The maximum atomic E-state index is 11.7. The molecule has 6 nitrogen and oxygen atoms in total. The first-order valence-corrected chi connectivity index (χ1v) is 6.93. The van der Waals surface area contributed by atoms with Crippen molar-refractivity contribution in [1.29, 1.82) is 0 Å². The van der Waals surface area contributed by atoms with Crippen LogP contribution in [-0.2, 0) is 14.3 Å². The van der Waals surface area contributed by atoms with Crippen molar-refractivity contribution in [2.45, 2.75) is 13.3 Å². The highest BCUT2D eigenvalue weighted by Gasteiger charge is 2.32. The minimum absolute atomic E-state index is 0.107. The first kappa shape index (κ1) is 15.2. The molecule has 1 saturated heterocycles. The van der Waals surface area contributed by atoms with Crippen molar-refractivity contribution in [3.05, 3.63) is 29.8 Å². The maximum Gasteiger partial charge on any atom is 0.311 e. The van der Waals surface area contributed by atoms with Crippen molar-refractivity contribution in [2.24, 2.45) is 5.92 Å². The summed E-state index contributed by atoms with van der Waals surface area (Å²) in [5.41, 5.74) is 4.54. The Hall–Kier alpha value is -2.15. The molecule has 1 aromatic carbocycles. The van der Waals surface area contributed by atoms with Crippen LogP contribution in [0.25, 0.3) is 0 Å². The van der Waals surface area contributed by atoms with Gasteiger partial charge in [-0.3, -0.25) is 20.0 Å². The highest BCUT2D eigenvalue weighted by molar-refractivity contribution is 7.80. The first-order valence-electron chi connectivity index (χ1n) is 6.52. The topological polar surface area (TPSA) is 70.7 Å². The first-order chi connectivity index (χ1) is 10.0. The van der Waals surface area contributed by atoms with Gasteiger partial charge in [-0.05, 0) is 30.8 Å². The van der Waals surface area contributed by atoms with Gasteiger partial charge in [-0.2, -0.15) is 0 Å². The van der Waals surface area contributed by atoms with Gasteiger partial charge in [0.1, 0.15) is 0 Å². The quantitative estimate of drug-likeness (QED) is 0.632. The molecule has 1 heterocycles. The third kappa shape index (κ3) is 3.69. The van der Waals surface area contributed by atoms with E-state index < -0.39 is 11.9 Å². The number of esters is 1. The van der Waals surface area contributed by atoms with Gasteiger partial charge in [0.15, 0.2) is 5.11 Å². The van der Waals surface area contributed by atoms with Gasteiger partial charge in [0, 0.05) is 12.1 Å². The van der Waals surface area contributed by atoms with Gasteiger partial charge in [-0.15, -0.1) is 0 Å². The van der Waals surface area contributed by atoms with Crippen LogP contribution in [0.1, 0.15) is 12.0 Å². The van der Waals surface area contributed by atoms with E-state index in [0.717, 1.165) is 11.3 Å². The Labute approximate surface area is 128 Å². The molecule has 112 valence electrons. The van der Waals surface area contributed by atoms with Gasteiger partial charge in [0.2, 0.25) is 5.91 Å². The SMILES string of the molecule is COC(=O)C1CC(=O)NN(C(=S)Nc2ccccc2C)C1. The summed E-state index contributed by atoms with van der Waals surface area (Å²) in [6.07, 6.45) is 0.107. The molecule has 0 saturated carbocycles. The van der Waals surface area contributed by atoms with Crippen LogP contribution in [-0.4, -0.2) is 35.7 Å². The van der Waals surface area contributed by atoms with E-state index in [4.69, 9.17) is 17.0 Å². The number of amides is 1. The summed E-state index contributed by atoms with van der Waals surface area (Å²) >= 11 is 5.29. The molecule has 1 unspecified atom stereocenters. The lowest BCUT2D eigenvalue weighted by Crippen LogP contribution is -2.55. The minimum Gasteiger partial charge on any atom is -0.469 e. The number of para-hydroxylation sites is 1. The minimum atomic E-state index is -0.514. The molecule has 0 bridgehead atoms. The molecule has 1 aliphatic rings. The van der Waals surface area contributed by atoms with Gasteiger partial charge >= 0.3 is 5.97 Å². The van der Waals surface area contributed by atoms with Gasteiger partial charge in [0.05, 0.1) is 19.6 Å². The molecule has 1 aliphatic heterocycles. The molecule has 0 radical (unpaired) electrons. The fourth-order valence-corrected chi connectivity index (χ4v) is 2.33. The summed E-state index contributed by atoms with van der Waals surface area (Å²) in [6, 6.07) is 7.67. The van der Waals surface area contributed by atoms with Crippen molar-refractivity contribution < 1.29 is 14.3 Å². The average molecular weight is 307 g/mol. The number of ether oxygens (including phenoxy) is 1. The summed E-state index contributed by atoms with van der Waals surface area (Å²) in [5, 5.41) is 4.88. The van der Waals surface area contributed by atoms with E-state index >= 15 is 0 Å². The van der Waals surface area contributed by atoms with Crippen LogP contribution in [0.5, 0.6) is 0 Å². The molecule has 21 heavy (non-hydrogen) atoms. The number of carbonyl (C=O) groups excluding carboxylic acids is 2. The third-order valence-electron chi connectivity index (χ3n) is 3.26. The number of nitrogens with zero attached hydrogens (tertiary/aromatic N) is 1. The third-order valence-corrected chi connectivity index (χ3v) is 3.58. The molecule has 1 aromatic rings. The lowest BCUT2D eigenvalue weighted by molar-refractivity contribution is -0.150. The number of anilines is 1. The summed E-state index contributed by atoms with van der Waals surface area (Å²) < 4.78 is 4.69. The number of aryl methyl sites for hydroxylation is 1. The van der Waals surface area contributed by atoms with Crippen LogP contribution in [0.2, 0.25) is 0 Å². The Morgan fingerprint density at radius 3 is 2.86 bits per heavy atom. The second kappa shape index (κ2) is 6.53. The van der Waals surface area contributed by atoms with E-state index in [2.05, 4.69) is 10.7 Å². The lowest BCUT2D eigenvalue weighted by atomic mass is 10.0. The van der Waals surface area contributed by atoms with Crippen LogP contribution in [0.15, 0.2) is 24.3 Å². The Kier molecular flexibility index (Phi) is 4.74. The van der Waals surface area contributed by atoms with E-state index in [1.54, 1.807) is 0 Å². The number of hydrogen-bond acceptors (Lipinski definition) is 4. The molecule has 2 N–H and O–H groups in total. The van der Waals surface area contributed by atoms with Crippen molar-refractivity contribution in [2.75, 3.05) is 19.0 Å². The van der Waals surface area contributed by atoms with E-state index in [9.17, 15) is 9.59 Å². The Bertz CT molecular complexity index is 576. The van der Waals surface area contributed by atoms with Crippen molar-refractivity contribution >= 4 is 34.9 Å².